The third kappa shape index (κ3) is 3.42. The molecule has 1 heterocycles. The molecule has 1 saturated carbocycles. The van der Waals surface area contributed by atoms with E-state index in [1.54, 1.807) is 0 Å². The molecule has 3 N–H and O–H groups in total. The first-order valence-electron chi connectivity index (χ1n) is 7.43. The molecular formula is C14H24N2O4. The van der Waals surface area contributed by atoms with Crippen molar-refractivity contribution in [3.63, 3.8) is 0 Å². The zero-order valence-electron chi connectivity index (χ0n) is 12.0. The van der Waals surface area contributed by atoms with Crippen molar-refractivity contribution in [3.05, 3.63) is 0 Å². The number of rotatable bonds is 4. The fraction of sp³-hybridized carbons (Fsp3) is 0.857. The summed E-state index contributed by atoms with van der Waals surface area (Å²) >= 11 is 0. The van der Waals surface area contributed by atoms with E-state index < -0.39 is 11.4 Å². The van der Waals surface area contributed by atoms with Crippen molar-refractivity contribution in [2.24, 2.45) is 5.41 Å². The van der Waals surface area contributed by atoms with Crippen LogP contribution in [0.15, 0.2) is 0 Å². The van der Waals surface area contributed by atoms with Gasteiger partial charge in [-0.2, -0.15) is 0 Å². The van der Waals surface area contributed by atoms with Gasteiger partial charge in [-0.05, 0) is 26.2 Å². The van der Waals surface area contributed by atoms with Crippen molar-refractivity contribution < 1.29 is 19.4 Å². The molecule has 0 radical (unpaired) electrons. The minimum absolute atomic E-state index is 0.0159. The third-order valence-corrected chi connectivity index (χ3v) is 4.54. The monoisotopic (exact) mass is 284 g/mol. The van der Waals surface area contributed by atoms with E-state index in [-0.39, 0.29) is 24.7 Å². The predicted octanol–water partition coefficient (Wildman–Crippen LogP) is 1.50. The molecule has 1 aliphatic carbocycles. The van der Waals surface area contributed by atoms with Gasteiger partial charge >= 0.3 is 12.0 Å². The molecule has 0 bridgehead atoms. The van der Waals surface area contributed by atoms with E-state index in [9.17, 15) is 14.7 Å². The quantitative estimate of drug-likeness (QED) is 0.730. The standard InChI is InChI=1S/C14H24N2O4/c1-10-11(5-8-20-10)16-13(19)15-9-14(12(17)18)6-3-2-4-7-14/h10-11H,2-9H2,1H3,(H,17,18)(H2,15,16,19). The average molecular weight is 284 g/mol. The summed E-state index contributed by atoms with van der Waals surface area (Å²) in [7, 11) is 0. The summed E-state index contributed by atoms with van der Waals surface area (Å²) in [5, 5.41) is 15.0. The van der Waals surface area contributed by atoms with E-state index >= 15 is 0 Å². The molecule has 1 aliphatic heterocycles. The second-order valence-electron chi connectivity index (χ2n) is 5.94. The van der Waals surface area contributed by atoms with Crippen LogP contribution in [0.3, 0.4) is 0 Å². The molecule has 2 aliphatic rings. The maximum atomic E-state index is 11.9. The van der Waals surface area contributed by atoms with E-state index in [2.05, 4.69) is 10.6 Å². The Labute approximate surface area is 119 Å². The second-order valence-corrected chi connectivity index (χ2v) is 5.94. The lowest BCUT2D eigenvalue weighted by Gasteiger charge is -2.33. The number of carboxylic acid groups (broad SMARTS) is 1. The van der Waals surface area contributed by atoms with Gasteiger partial charge < -0.3 is 20.5 Å². The smallest absolute Gasteiger partial charge is 0.315 e. The van der Waals surface area contributed by atoms with Gasteiger partial charge in [0.1, 0.15) is 0 Å². The second kappa shape index (κ2) is 6.43. The molecule has 20 heavy (non-hydrogen) atoms. The Kier molecular flexibility index (Phi) is 4.86. The summed E-state index contributed by atoms with van der Waals surface area (Å²) in [4.78, 5) is 23.4. The predicted molar refractivity (Wildman–Crippen MR) is 73.5 cm³/mol. The summed E-state index contributed by atoms with van der Waals surface area (Å²) in [5.41, 5.74) is -0.784. The number of nitrogens with one attached hydrogen (secondary N) is 2. The van der Waals surface area contributed by atoms with Crippen molar-refractivity contribution in [2.45, 2.75) is 57.6 Å². The molecule has 0 aromatic rings. The number of hydrogen-bond donors (Lipinski definition) is 3. The summed E-state index contributed by atoms with van der Waals surface area (Å²) in [5.74, 6) is -0.796. The first-order chi connectivity index (χ1) is 9.53. The normalized spacial score (nSPS) is 28.9. The lowest BCUT2D eigenvalue weighted by atomic mass is 9.74. The van der Waals surface area contributed by atoms with Gasteiger partial charge in [0.2, 0.25) is 0 Å². The van der Waals surface area contributed by atoms with Crippen LogP contribution in [-0.4, -0.2) is 42.4 Å². The van der Waals surface area contributed by atoms with E-state index in [1.165, 1.54) is 0 Å². The van der Waals surface area contributed by atoms with Crippen molar-refractivity contribution in [3.8, 4) is 0 Å². The summed E-state index contributed by atoms with van der Waals surface area (Å²) < 4.78 is 5.38. The molecule has 6 heteroatoms. The van der Waals surface area contributed by atoms with Crippen LogP contribution in [0.1, 0.15) is 45.4 Å². The zero-order valence-corrected chi connectivity index (χ0v) is 12.0. The summed E-state index contributed by atoms with van der Waals surface area (Å²) in [6.07, 6.45) is 5.03. The molecule has 2 fully saturated rings. The van der Waals surface area contributed by atoms with Crippen LogP contribution in [0.4, 0.5) is 4.79 Å². The van der Waals surface area contributed by atoms with Crippen molar-refractivity contribution in [1.29, 1.82) is 0 Å². The van der Waals surface area contributed by atoms with Crippen LogP contribution >= 0.6 is 0 Å². The SMILES string of the molecule is CC1OCCC1NC(=O)NCC1(C(=O)O)CCCCC1. The van der Waals surface area contributed by atoms with Crippen LogP contribution in [-0.2, 0) is 9.53 Å². The molecule has 6 nitrogen and oxygen atoms in total. The fourth-order valence-electron chi connectivity index (χ4n) is 3.08. The first-order valence-corrected chi connectivity index (χ1v) is 7.43. The van der Waals surface area contributed by atoms with E-state index in [1.807, 2.05) is 6.92 Å². The first kappa shape index (κ1) is 15.1. The molecule has 2 rings (SSSR count). The van der Waals surface area contributed by atoms with Gasteiger partial charge in [0, 0.05) is 13.2 Å². The van der Waals surface area contributed by atoms with Gasteiger partial charge in [-0.1, -0.05) is 19.3 Å². The fourth-order valence-corrected chi connectivity index (χ4v) is 3.08. The molecular weight excluding hydrogens is 260 g/mol. The molecule has 1 saturated heterocycles. The Morgan fingerprint density at radius 2 is 2.00 bits per heavy atom. The Morgan fingerprint density at radius 1 is 1.30 bits per heavy atom. The van der Waals surface area contributed by atoms with Gasteiger partial charge in [0.05, 0.1) is 17.6 Å². The molecule has 0 aromatic heterocycles. The lowest BCUT2D eigenvalue weighted by molar-refractivity contribution is -0.150. The number of amides is 2. The number of urea groups is 1. The van der Waals surface area contributed by atoms with Crippen LogP contribution < -0.4 is 10.6 Å². The van der Waals surface area contributed by atoms with Gasteiger partial charge in [-0.25, -0.2) is 4.79 Å². The van der Waals surface area contributed by atoms with Gasteiger partial charge in [0.25, 0.3) is 0 Å². The Hall–Kier alpha value is -1.30. The molecule has 114 valence electrons. The number of ether oxygens (including phenoxy) is 1. The Bertz CT molecular complexity index is 366. The van der Waals surface area contributed by atoms with Crippen molar-refractivity contribution >= 4 is 12.0 Å². The van der Waals surface area contributed by atoms with Gasteiger partial charge in [-0.3, -0.25) is 4.79 Å². The average Bonchev–Trinajstić information content (AvgIpc) is 2.83. The molecule has 2 amide bonds. The topological polar surface area (TPSA) is 87.7 Å². The highest BCUT2D eigenvalue weighted by Gasteiger charge is 2.40. The maximum absolute atomic E-state index is 11.9. The highest BCUT2D eigenvalue weighted by molar-refractivity contribution is 5.78. The van der Waals surface area contributed by atoms with Crippen LogP contribution in [0.25, 0.3) is 0 Å². The van der Waals surface area contributed by atoms with Crippen LogP contribution in [0.2, 0.25) is 0 Å². The highest BCUT2D eigenvalue weighted by atomic mass is 16.5. The number of hydrogen-bond acceptors (Lipinski definition) is 3. The van der Waals surface area contributed by atoms with Gasteiger partial charge in [0.15, 0.2) is 0 Å². The summed E-state index contributed by atoms with van der Waals surface area (Å²) in [6.45, 7) is 2.79. The molecule has 2 unspecified atom stereocenters. The summed E-state index contributed by atoms with van der Waals surface area (Å²) in [6, 6.07) is -0.277. The van der Waals surface area contributed by atoms with E-state index in [4.69, 9.17) is 4.74 Å². The minimum Gasteiger partial charge on any atom is -0.481 e. The van der Waals surface area contributed by atoms with Crippen LogP contribution in [0, 0.1) is 5.41 Å². The van der Waals surface area contributed by atoms with E-state index in [0.29, 0.717) is 19.4 Å². The molecule has 0 aromatic carbocycles. The van der Waals surface area contributed by atoms with E-state index in [0.717, 1.165) is 25.7 Å². The van der Waals surface area contributed by atoms with Crippen molar-refractivity contribution in [2.75, 3.05) is 13.2 Å². The lowest BCUT2D eigenvalue weighted by Crippen LogP contribution is -2.50. The zero-order chi connectivity index (χ0) is 14.6. The maximum Gasteiger partial charge on any atom is 0.315 e. The number of aliphatic carboxylic acids is 1. The number of carbonyl (C=O) groups is 2. The van der Waals surface area contributed by atoms with Crippen LogP contribution in [0.5, 0.6) is 0 Å². The highest BCUT2D eigenvalue weighted by Crippen LogP contribution is 2.35. The largest absolute Gasteiger partial charge is 0.481 e. The molecule has 2 atom stereocenters. The Morgan fingerprint density at radius 3 is 2.55 bits per heavy atom. The number of carboxylic acids is 1. The number of carbonyl (C=O) groups excluding carboxylic acids is 1. The molecule has 0 spiro atoms. The Balaban J connectivity index is 1.83. The van der Waals surface area contributed by atoms with Gasteiger partial charge in [-0.15, -0.1) is 0 Å². The minimum atomic E-state index is -0.796. The van der Waals surface area contributed by atoms with Crippen molar-refractivity contribution in [1.82, 2.24) is 10.6 Å². The third-order valence-electron chi connectivity index (χ3n) is 4.54.